The van der Waals surface area contributed by atoms with Gasteiger partial charge in [0.05, 0.1) is 12.7 Å². The Kier molecular flexibility index (Phi) is 7.91. The minimum atomic E-state index is -3.72. The van der Waals surface area contributed by atoms with E-state index in [0.717, 1.165) is 36.4 Å². The fourth-order valence-corrected chi connectivity index (χ4v) is 6.22. The van der Waals surface area contributed by atoms with Gasteiger partial charge in [-0.15, -0.1) is 11.3 Å². The van der Waals surface area contributed by atoms with E-state index in [1.807, 2.05) is 31.3 Å². The molecule has 0 radical (unpaired) electrons. The Hall–Kier alpha value is -2.43. The molecular weight excluding hydrogens is 450 g/mol. The lowest BCUT2D eigenvalue weighted by atomic mass is 10.1. The zero-order valence-corrected chi connectivity index (χ0v) is 20.2. The van der Waals surface area contributed by atoms with Gasteiger partial charge in [-0.05, 0) is 36.8 Å². The van der Waals surface area contributed by atoms with Crippen molar-refractivity contribution in [3.63, 3.8) is 0 Å². The minimum absolute atomic E-state index is 0.0976. The van der Waals surface area contributed by atoms with E-state index in [1.54, 1.807) is 4.90 Å². The number of unbranched alkanes of at least 4 members (excludes halogenated alkanes) is 1. The number of ether oxygens (including phenoxy) is 1. The zero-order valence-electron chi connectivity index (χ0n) is 18.6. The number of sulfonamides is 1. The lowest BCUT2D eigenvalue weighted by molar-refractivity contribution is 0.0600. The highest BCUT2D eigenvalue weighted by molar-refractivity contribution is 7.91. The first-order valence-electron chi connectivity index (χ1n) is 10.6. The Labute approximate surface area is 193 Å². The normalized spacial score (nSPS) is 14.9. The lowest BCUT2D eigenvalue weighted by Gasteiger charge is -2.33. The lowest BCUT2D eigenvalue weighted by Crippen LogP contribution is -2.50. The standard InChI is InChI=1S/C22H29N3O5S2/c1-4-5-10-23(2)19-8-6-17(7-9-19)21(26)24-11-13-25(14-12-24)32(28,29)20-15-18(16-31-20)22(27)30-3/h6-9,15-16H,4-5,10-14H2,1-3H3. The van der Waals surface area contributed by atoms with Gasteiger partial charge < -0.3 is 14.5 Å². The van der Waals surface area contributed by atoms with Gasteiger partial charge in [-0.25, -0.2) is 13.2 Å². The van der Waals surface area contributed by atoms with Gasteiger partial charge in [0.15, 0.2) is 0 Å². The largest absolute Gasteiger partial charge is 0.465 e. The van der Waals surface area contributed by atoms with Crippen LogP contribution in [0, 0.1) is 0 Å². The maximum atomic E-state index is 12.9. The predicted molar refractivity (Wildman–Crippen MR) is 125 cm³/mol. The number of amides is 1. The van der Waals surface area contributed by atoms with E-state index in [1.165, 1.54) is 22.9 Å². The summed E-state index contributed by atoms with van der Waals surface area (Å²) < 4.78 is 31.9. The van der Waals surface area contributed by atoms with Crippen molar-refractivity contribution >= 4 is 38.9 Å². The zero-order chi connectivity index (χ0) is 23.3. The van der Waals surface area contributed by atoms with Crippen LogP contribution in [0.4, 0.5) is 5.69 Å². The summed E-state index contributed by atoms with van der Waals surface area (Å²) in [5, 5.41) is 1.47. The third-order valence-corrected chi connectivity index (χ3v) is 8.83. The predicted octanol–water partition coefficient (Wildman–Crippen LogP) is 2.92. The molecule has 0 atom stereocenters. The van der Waals surface area contributed by atoms with Crippen LogP contribution < -0.4 is 4.90 Å². The van der Waals surface area contributed by atoms with Gasteiger partial charge in [-0.2, -0.15) is 4.31 Å². The highest BCUT2D eigenvalue weighted by Gasteiger charge is 2.32. The van der Waals surface area contributed by atoms with Crippen LogP contribution >= 0.6 is 11.3 Å². The van der Waals surface area contributed by atoms with E-state index in [2.05, 4.69) is 16.6 Å². The fraction of sp³-hybridized carbons (Fsp3) is 0.455. The monoisotopic (exact) mass is 479 g/mol. The van der Waals surface area contributed by atoms with Gasteiger partial charge in [0.25, 0.3) is 15.9 Å². The quantitative estimate of drug-likeness (QED) is 0.541. The first-order valence-corrected chi connectivity index (χ1v) is 12.9. The van der Waals surface area contributed by atoms with Crippen LogP contribution in [0.25, 0.3) is 0 Å². The number of hydrogen-bond acceptors (Lipinski definition) is 7. The Bertz CT molecular complexity index is 1040. The van der Waals surface area contributed by atoms with Crippen LogP contribution in [0.1, 0.15) is 40.5 Å². The van der Waals surface area contributed by atoms with Crippen LogP contribution in [0.2, 0.25) is 0 Å². The number of piperazine rings is 1. The molecule has 0 N–H and O–H groups in total. The minimum Gasteiger partial charge on any atom is -0.465 e. The number of carbonyl (C=O) groups is 2. The second-order valence-corrected chi connectivity index (χ2v) is 10.7. The van der Waals surface area contributed by atoms with Crippen molar-refractivity contribution in [1.82, 2.24) is 9.21 Å². The average molecular weight is 480 g/mol. The Balaban J connectivity index is 1.60. The number of esters is 1. The van der Waals surface area contributed by atoms with Crippen LogP contribution in [-0.4, -0.2) is 76.4 Å². The first-order chi connectivity index (χ1) is 15.3. The number of thiophene rings is 1. The van der Waals surface area contributed by atoms with E-state index in [9.17, 15) is 18.0 Å². The van der Waals surface area contributed by atoms with Crippen LogP contribution in [0.5, 0.6) is 0 Å². The van der Waals surface area contributed by atoms with Crippen LogP contribution in [-0.2, 0) is 14.8 Å². The van der Waals surface area contributed by atoms with Crippen LogP contribution in [0.3, 0.4) is 0 Å². The molecule has 0 aliphatic carbocycles. The summed E-state index contributed by atoms with van der Waals surface area (Å²) in [6, 6.07) is 8.87. The molecule has 0 bridgehead atoms. The number of hydrogen-bond donors (Lipinski definition) is 0. The summed E-state index contributed by atoms with van der Waals surface area (Å²) in [4.78, 5) is 28.3. The number of anilines is 1. The smallest absolute Gasteiger partial charge is 0.338 e. The molecular formula is C22H29N3O5S2. The van der Waals surface area contributed by atoms with Crippen LogP contribution in [0.15, 0.2) is 39.9 Å². The van der Waals surface area contributed by atoms with E-state index >= 15 is 0 Å². The molecule has 1 fully saturated rings. The molecule has 0 spiro atoms. The number of nitrogens with zero attached hydrogens (tertiary/aromatic N) is 3. The molecule has 1 aromatic heterocycles. The third kappa shape index (κ3) is 5.31. The molecule has 0 unspecified atom stereocenters. The summed E-state index contributed by atoms with van der Waals surface area (Å²) in [6.45, 7) is 4.15. The Morgan fingerprint density at radius 2 is 1.75 bits per heavy atom. The van der Waals surface area contributed by atoms with Crippen molar-refractivity contribution < 1.29 is 22.7 Å². The second-order valence-electron chi connectivity index (χ2n) is 7.66. The summed E-state index contributed by atoms with van der Waals surface area (Å²) in [7, 11) is -0.431. The van der Waals surface area contributed by atoms with E-state index in [0.29, 0.717) is 18.7 Å². The SMILES string of the molecule is CCCCN(C)c1ccc(C(=O)N2CCN(S(=O)(=O)c3cc(C(=O)OC)cs3)CC2)cc1. The number of carbonyl (C=O) groups excluding carboxylic acids is 2. The molecule has 1 aliphatic rings. The van der Waals surface area contributed by atoms with Gasteiger partial charge in [-0.1, -0.05) is 13.3 Å². The van der Waals surface area contributed by atoms with Gasteiger partial charge >= 0.3 is 5.97 Å². The molecule has 2 heterocycles. The number of benzene rings is 1. The molecule has 1 amide bonds. The molecule has 10 heteroatoms. The second kappa shape index (κ2) is 10.5. The van der Waals surface area contributed by atoms with Gasteiger partial charge in [0, 0.05) is 56.4 Å². The average Bonchev–Trinajstić information content (AvgIpc) is 3.33. The maximum absolute atomic E-state index is 12.9. The topological polar surface area (TPSA) is 87.2 Å². The summed E-state index contributed by atoms with van der Waals surface area (Å²) in [5.41, 5.74) is 1.87. The molecule has 3 rings (SSSR count). The maximum Gasteiger partial charge on any atom is 0.338 e. The highest BCUT2D eigenvalue weighted by atomic mass is 32.2. The van der Waals surface area contributed by atoms with Crippen molar-refractivity contribution in [2.75, 3.05) is 51.8 Å². The van der Waals surface area contributed by atoms with Crippen molar-refractivity contribution in [3.05, 3.63) is 46.8 Å². The summed E-state index contributed by atoms with van der Waals surface area (Å²) >= 11 is 0.991. The van der Waals surface area contributed by atoms with Crippen molar-refractivity contribution in [3.8, 4) is 0 Å². The molecule has 8 nitrogen and oxygen atoms in total. The van der Waals surface area contributed by atoms with Crippen molar-refractivity contribution in [2.24, 2.45) is 0 Å². The fourth-order valence-electron chi connectivity index (χ4n) is 3.50. The van der Waals surface area contributed by atoms with Crippen molar-refractivity contribution in [2.45, 2.75) is 24.0 Å². The molecule has 1 aliphatic heterocycles. The number of rotatable bonds is 8. The third-order valence-electron chi connectivity index (χ3n) is 5.52. The Morgan fingerprint density at radius 3 is 2.34 bits per heavy atom. The molecule has 1 aromatic carbocycles. The van der Waals surface area contributed by atoms with E-state index < -0.39 is 16.0 Å². The van der Waals surface area contributed by atoms with E-state index in [-0.39, 0.29) is 28.8 Å². The van der Waals surface area contributed by atoms with Gasteiger partial charge in [0.2, 0.25) is 0 Å². The van der Waals surface area contributed by atoms with Gasteiger partial charge in [-0.3, -0.25) is 4.79 Å². The molecule has 32 heavy (non-hydrogen) atoms. The van der Waals surface area contributed by atoms with Gasteiger partial charge in [0.1, 0.15) is 4.21 Å². The molecule has 0 saturated carbocycles. The molecule has 2 aromatic rings. The first kappa shape index (κ1) is 24.2. The summed E-state index contributed by atoms with van der Waals surface area (Å²) in [6.07, 6.45) is 2.24. The number of methoxy groups -OCH3 is 1. The molecule has 1 saturated heterocycles. The van der Waals surface area contributed by atoms with Crippen molar-refractivity contribution in [1.29, 1.82) is 0 Å². The molecule has 174 valence electrons. The Morgan fingerprint density at radius 1 is 1.09 bits per heavy atom. The van der Waals surface area contributed by atoms with E-state index in [4.69, 9.17) is 0 Å². The summed E-state index contributed by atoms with van der Waals surface area (Å²) in [5.74, 6) is -0.672. The highest BCUT2D eigenvalue weighted by Crippen LogP contribution is 2.26.